The van der Waals surface area contributed by atoms with Crippen molar-refractivity contribution in [3.05, 3.63) is 83.4 Å². The van der Waals surface area contributed by atoms with E-state index in [1.165, 1.54) is 48.3 Å². The van der Waals surface area contributed by atoms with E-state index in [1.54, 1.807) is 0 Å². The summed E-state index contributed by atoms with van der Waals surface area (Å²) in [6.45, 7) is 20.5. The third kappa shape index (κ3) is 4.80. The predicted octanol–water partition coefficient (Wildman–Crippen LogP) is 10.1. The largest absolute Gasteiger partial charge is 0.135 e. The lowest BCUT2D eigenvalue weighted by atomic mass is 9.84. The third-order valence-electron chi connectivity index (χ3n) is 6.61. The Hall–Kier alpha value is -2.38. The first-order valence-electron chi connectivity index (χ1n) is 12.0. The zero-order valence-electron chi connectivity index (χ0n) is 21.8. The third-order valence-corrected chi connectivity index (χ3v) is 7.81. The van der Waals surface area contributed by atoms with Gasteiger partial charge in [0.1, 0.15) is 0 Å². The van der Waals surface area contributed by atoms with E-state index < -0.39 is 0 Å². The van der Waals surface area contributed by atoms with Gasteiger partial charge in [0.05, 0.1) is 0 Å². The molecule has 1 heterocycles. The molecule has 0 fully saturated rings. The first-order chi connectivity index (χ1) is 15.2. The van der Waals surface area contributed by atoms with Crippen LogP contribution in [0, 0.1) is 0 Å². The maximum Gasteiger partial charge on any atom is 0.0433 e. The predicted molar refractivity (Wildman–Crippen MR) is 149 cm³/mol. The summed E-state index contributed by atoms with van der Waals surface area (Å²) in [6.07, 6.45) is 0. The lowest BCUT2D eigenvalue weighted by molar-refractivity contribution is 0.590. The van der Waals surface area contributed by atoms with Gasteiger partial charge in [-0.1, -0.05) is 123 Å². The number of hydrogen-bond acceptors (Lipinski definition) is 1. The zero-order chi connectivity index (χ0) is 24.2. The van der Waals surface area contributed by atoms with Crippen molar-refractivity contribution in [3.8, 4) is 21.6 Å². The lowest BCUT2D eigenvalue weighted by Crippen LogP contribution is -2.10. The summed E-state index contributed by atoms with van der Waals surface area (Å²) in [5.74, 6) is 0. The fourth-order valence-corrected chi connectivity index (χ4v) is 5.58. The van der Waals surface area contributed by atoms with Gasteiger partial charge in [0.15, 0.2) is 0 Å². The summed E-state index contributed by atoms with van der Waals surface area (Å²) in [5, 5.41) is 1.35. The number of thiophene rings is 1. The highest BCUT2D eigenvalue weighted by Crippen LogP contribution is 2.46. The Morgan fingerprint density at radius 1 is 0.485 bits per heavy atom. The molecule has 0 aliphatic rings. The molecule has 0 unspecified atom stereocenters. The van der Waals surface area contributed by atoms with E-state index >= 15 is 0 Å². The molecular weight excluding hydrogens is 416 g/mol. The van der Waals surface area contributed by atoms with Crippen LogP contribution in [-0.4, -0.2) is 0 Å². The molecule has 4 aromatic rings. The summed E-state index contributed by atoms with van der Waals surface area (Å²) in [4.78, 5) is 1.36. The summed E-state index contributed by atoms with van der Waals surface area (Å²) in [7, 11) is 0. The van der Waals surface area contributed by atoms with Crippen molar-refractivity contribution in [2.45, 2.75) is 78.6 Å². The average molecular weight is 455 g/mol. The zero-order valence-corrected chi connectivity index (χ0v) is 22.6. The molecule has 4 rings (SSSR count). The van der Waals surface area contributed by atoms with Crippen LogP contribution < -0.4 is 0 Å². The van der Waals surface area contributed by atoms with Crippen LogP contribution in [0.1, 0.15) is 79.0 Å². The van der Waals surface area contributed by atoms with Crippen LogP contribution >= 0.6 is 11.3 Å². The number of rotatable bonds is 2. The molecule has 0 saturated carbocycles. The second kappa shape index (κ2) is 8.13. The molecule has 0 aliphatic heterocycles. The van der Waals surface area contributed by atoms with Gasteiger partial charge in [-0.3, -0.25) is 0 Å². The highest BCUT2D eigenvalue weighted by atomic mass is 32.1. The van der Waals surface area contributed by atoms with Gasteiger partial charge in [-0.25, -0.2) is 0 Å². The van der Waals surface area contributed by atoms with Crippen molar-refractivity contribution in [3.63, 3.8) is 0 Å². The van der Waals surface area contributed by atoms with Crippen molar-refractivity contribution in [1.29, 1.82) is 0 Å². The molecule has 0 atom stereocenters. The van der Waals surface area contributed by atoms with Crippen LogP contribution in [0.4, 0.5) is 0 Å². The van der Waals surface area contributed by atoms with E-state index in [-0.39, 0.29) is 16.2 Å². The Morgan fingerprint density at radius 3 is 1.36 bits per heavy atom. The Kier molecular flexibility index (Phi) is 5.86. The Morgan fingerprint density at radius 2 is 0.909 bits per heavy atom. The Labute approximate surface area is 204 Å². The van der Waals surface area contributed by atoms with E-state index in [4.69, 9.17) is 0 Å². The number of benzene rings is 3. The molecular formula is C32H38S. The molecule has 0 nitrogen and oxygen atoms in total. The highest BCUT2D eigenvalue weighted by Gasteiger charge is 2.21. The van der Waals surface area contributed by atoms with Crippen LogP contribution in [0.2, 0.25) is 0 Å². The van der Waals surface area contributed by atoms with Crippen molar-refractivity contribution in [2.24, 2.45) is 0 Å². The van der Waals surface area contributed by atoms with Crippen LogP contribution in [0.5, 0.6) is 0 Å². The van der Waals surface area contributed by atoms with E-state index in [2.05, 4.69) is 129 Å². The van der Waals surface area contributed by atoms with E-state index in [0.717, 1.165) is 0 Å². The van der Waals surface area contributed by atoms with Crippen molar-refractivity contribution >= 4 is 21.4 Å². The molecule has 0 aliphatic carbocycles. The summed E-state index contributed by atoms with van der Waals surface area (Å²) in [5.41, 5.74) is 8.55. The van der Waals surface area contributed by atoms with Gasteiger partial charge >= 0.3 is 0 Å². The lowest BCUT2D eigenvalue weighted by Gasteiger charge is -2.20. The standard InChI is InChI=1S/C32H38S/c1-30(2,3)23-14-10-21(11-15-23)28-26-19-18-25(32(7,8)9)20-27(26)33-29(28)22-12-16-24(17-13-22)31(4,5)6/h10-20H,1-9H3. The average Bonchev–Trinajstić information content (AvgIpc) is 3.11. The monoisotopic (exact) mass is 454 g/mol. The van der Waals surface area contributed by atoms with Crippen LogP contribution in [0.25, 0.3) is 31.7 Å². The molecule has 1 aromatic heterocycles. The molecule has 0 N–H and O–H groups in total. The Balaban J connectivity index is 1.93. The fourth-order valence-electron chi connectivity index (χ4n) is 4.31. The van der Waals surface area contributed by atoms with Gasteiger partial charge < -0.3 is 0 Å². The van der Waals surface area contributed by atoms with Crippen LogP contribution in [0.15, 0.2) is 66.7 Å². The highest BCUT2D eigenvalue weighted by molar-refractivity contribution is 7.23. The Bertz CT molecular complexity index is 1260. The van der Waals surface area contributed by atoms with Gasteiger partial charge in [-0.2, -0.15) is 0 Å². The van der Waals surface area contributed by atoms with E-state index in [9.17, 15) is 0 Å². The minimum absolute atomic E-state index is 0.140. The maximum atomic E-state index is 2.40. The minimum Gasteiger partial charge on any atom is -0.135 e. The van der Waals surface area contributed by atoms with Crippen molar-refractivity contribution in [1.82, 2.24) is 0 Å². The first-order valence-corrected chi connectivity index (χ1v) is 12.9. The van der Waals surface area contributed by atoms with Crippen molar-refractivity contribution in [2.75, 3.05) is 0 Å². The number of hydrogen-bond donors (Lipinski definition) is 0. The second-order valence-corrected chi connectivity index (χ2v) is 13.5. The van der Waals surface area contributed by atoms with E-state index in [1.807, 2.05) is 11.3 Å². The molecule has 0 bridgehead atoms. The van der Waals surface area contributed by atoms with Crippen LogP contribution in [-0.2, 0) is 16.2 Å². The molecule has 1 heteroatoms. The second-order valence-electron chi connectivity index (χ2n) is 12.4. The van der Waals surface area contributed by atoms with Gasteiger partial charge in [0.2, 0.25) is 0 Å². The van der Waals surface area contributed by atoms with Gasteiger partial charge in [-0.15, -0.1) is 11.3 Å². The smallest absolute Gasteiger partial charge is 0.0433 e. The van der Waals surface area contributed by atoms with Gasteiger partial charge in [0, 0.05) is 20.5 Å². The SMILES string of the molecule is CC(C)(C)c1ccc(-c2sc3cc(C(C)(C)C)ccc3c2-c2ccc(C(C)(C)C)cc2)cc1. The summed E-state index contributed by atoms with van der Waals surface area (Å²) < 4.78 is 1.37. The normalized spacial score (nSPS) is 13.0. The van der Waals surface area contributed by atoms with Gasteiger partial charge in [0.25, 0.3) is 0 Å². The topological polar surface area (TPSA) is 0 Å². The molecule has 33 heavy (non-hydrogen) atoms. The quantitative estimate of drug-likeness (QED) is 0.282. The maximum absolute atomic E-state index is 2.40. The van der Waals surface area contributed by atoms with Gasteiger partial charge in [-0.05, 0) is 50.1 Å². The molecule has 0 radical (unpaired) electrons. The summed E-state index contributed by atoms with van der Waals surface area (Å²) in [6, 6.07) is 25.5. The van der Waals surface area contributed by atoms with E-state index in [0.29, 0.717) is 0 Å². The summed E-state index contributed by atoms with van der Waals surface area (Å²) >= 11 is 1.93. The molecule has 0 amide bonds. The fraction of sp³-hybridized carbons (Fsp3) is 0.375. The first kappa shape index (κ1) is 23.8. The van der Waals surface area contributed by atoms with Crippen molar-refractivity contribution < 1.29 is 0 Å². The molecule has 3 aromatic carbocycles. The minimum atomic E-state index is 0.140. The number of fused-ring (bicyclic) bond motifs is 1. The van der Waals surface area contributed by atoms with Crippen LogP contribution in [0.3, 0.4) is 0 Å². The molecule has 172 valence electrons. The molecule has 0 spiro atoms. The molecule has 0 saturated heterocycles.